The molecule has 1 saturated heterocycles. The quantitative estimate of drug-likeness (QED) is 0.336. The number of carbonyl (C=O) groups excluding carboxylic acids is 2. The molecule has 1 heterocycles. The Kier molecular flexibility index (Phi) is 11.3. The maximum Gasteiger partial charge on any atom is 0.252 e. The number of hydrogen-bond acceptors (Lipinski definition) is 7. The SMILES string of the molecule is COc1cccc(C(=O)NC(CSc2ccccc2)C(CN2OC3CCCCC3CC2C(=O)NC(C)(C)C)OC)c1C. The molecule has 1 saturated carbocycles. The van der Waals surface area contributed by atoms with Gasteiger partial charge >= 0.3 is 0 Å². The van der Waals surface area contributed by atoms with Crippen LogP contribution in [0.25, 0.3) is 0 Å². The number of benzene rings is 2. The van der Waals surface area contributed by atoms with Crippen LogP contribution in [0.2, 0.25) is 0 Å². The number of methoxy groups -OCH3 is 2. The van der Waals surface area contributed by atoms with Crippen LogP contribution in [0.4, 0.5) is 0 Å². The number of carbonyl (C=O) groups is 2. The molecule has 0 radical (unpaired) electrons. The van der Waals surface area contributed by atoms with E-state index < -0.39 is 12.1 Å². The van der Waals surface area contributed by atoms with Gasteiger partial charge in [-0.05, 0) is 77.1 Å². The highest BCUT2D eigenvalue weighted by atomic mass is 32.2. The fraction of sp³-hybridized carbons (Fsp3) is 0.576. The van der Waals surface area contributed by atoms with Gasteiger partial charge in [-0.25, -0.2) is 0 Å². The van der Waals surface area contributed by atoms with Crippen LogP contribution >= 0.6 is 11.8 Å². The van der Waals surface area contributed by atoms with Crippen LogP contribution in [0.3, 0.4) is 0 Å². The molecule has 2 N–H and O–H groups in total. The minimum Gasteiger partial charge on any atom is -0.496 e. The van der Waals surface area contributed by atoms with E-state index in [1.165, 1.54) is 6.42 Å². The molecule has 230 valence electrons. The second kappa shape index (κ2) is 14.7. The zero-order valence-electron chi connectivity index (χ0n) is 25.9. The lowest BCUT2D eigenvalue weighted by Crippen LogP contribution is -2.60. The van der Waals surface area contributed by atoms with Gasteiger partial charge in [0.15, 0.2) is 0 Å². The number of hydroxylamine groups is 2. The summed E-state index contributed by atoms with van der Waals surface area (Å²) in [5, 5.41) is 8.26. The molecule has 5 atom stereocenters. The van der Waals surface area contributed by atoms with E-state index in [1.54, 1.807) is 32.0 Å². The summed E-state index contributed by atoms with van der Waals surface area (Å²) in [7, 11) is 3.26. The summed E-state index contributed by atoms with van der Waals surface area (Å²) in [5.41, 5.74) is 0.979. The minimum atomic E-state index is -0.431. The van der Waals surface area contributed by atoms with E-state index in [2.05, 4.69) is 22.8 Å². The molecular weight excluding hydrogens is 550 g/mol. The van der Waals surface area contributed by atoms with Crippen LogP contribution in [-0.2, 0) is 14.4 Å². The third kappa shape index (κ3) is 8.49. The summed E-state index contributed by atoms with van der Waals surface area (Å²) in [6.45, 7) is 8.21. The molecule has 1 aliphatic heterocycles. The fourth-order valence-corrected chi connectivity index (χ4v) is 6.93. The molecule has 0 aromatic heterocycles. The lowest BCUT2D eigenvalue weighted by molar-refractivity contribution is -0.277. The van der Waals surface area contributed by atoms with Crippen LogP contribution in [-0.4, -0.2) is 73.2 Å². The maximum atomic E-state index is 13.6. The molecule has 2 aromatic rings. The number of thioether (sulfide) groups is 1. The van der Waals surface area contributed by atoms with Gasteiger partial charge in [-0.1, -0.05) is 37.1 Å². The average molecular weight is 598 g/mol. The molecule has 2 fully saturated rings. The molecule has 0 spiro atoms. The summed E-state index contributed by atoms with van der Waals surface area (Å²) in [5.74, 6) is 1.38. The van der Waals surface area contributed by atoms with Crippen molar-refractivity contribution in [1.29, 1.82) is 0 Å². The number of ether oxygens (including phenoxy) is 2. The van der Waals surface area contributed by atoms with Gasteiger partial charge in [0.05, 0.1) is 31.9 Å². The molecular formula is C33H47N3O5S. The van der Waals surface area contributed by atoms with Crippen LogP contribution < -0.4 is 15.4 Å². The van der Waals surface area contributed by atoms with Gasteiger partial charge in [-0.3, -0.25) is 14.4 Å². The van der Waals surface area contributed by atoms with Crippen molar-refractivity contribution in [2.45, 2.75) is 94.5 Å². The third-order valence-electron chi connectivity index (χ3n) is 8.13. The molecule has 2 amide bonds. The topological polar surface area (TPSA) is 89.1 Å². The smallest absolute Gasteiger partial charge is 0.252 e. The van der Waals surface area contributed by atoms with E-state index in [4.69, 9.17) is 14.3 Å². The lowest BCUT2D eigenvalue weighted by atomic mass is 9.81. The Morgan fingerprint density at radius 2 is 1.81 bits per heavy atom. The van der Waals surface area contributed by atoms with Crippen LogP contribution in [0.1, 0.15) is 68.8 Å². The zero-order valence-corrected chi connectivity index (χ0v) is 26.7. The molecule has 2 aromatic carbocycles. The predicted molar refractivity (Wildman–Crippen MR) is 167 cm³/mol. The second-order valence-electron chi connectivity index (χ2n) is 12.4. The van der Waals surface area contributed by atoms with Gasteiger partial charge < -0.3 is 20.1 Å². The van der Waals surface area contributed by atoms with Crippen molar-refractivity contribution in [3.63, 3.8) is 0 Å². The van der Waals surface area contributed by atoms with Crippen molar-refractivity contribution < 1.29 is 23.9 Å². The molecule has 5 unspecified atom stereocenters. The highest BCUT2D eigenvalue weighted by Crippen LogP contribution is 2.37. The van der Waals surface area contributed by atoms with Gasteiger partial charge in [0.25, 0.3) is 5.91 Å². The number of hydrogen-bond donors (Lipinski definition) is 2. The van der Waals surface area contributed by atoms with Crippen LogP contribution in [0, 0.1) is 12.8 Å². The van der Waals surface area contributed by atoms with Crippen molar-refractivity contribution in [2.75, 3.05) is 26.5 Å². The Balaban J connectivity index is 1.58. The number of nitrogens with zero attached hydrogens (tertiary/aromatic N) is 1. The van der Waals surface area contributed by atoms with E-state index in [9.17, 15) is 9.59 Å². The highest BCUT2D eigenvalue weighted by Gasteiger charge is 2.43. The second-order valence-corrected chi connectivity index (χ2v) is 13.5. The van der Waals surface area contributed by atoms with Crippen molar-refractivity contribution in [3.8, 4) is 5.75 Å². The van der Waals surface area contributed by atoms with Gasteiger partial charge in [-0.2, -0.15) is 5.06 Å². The summed E-state index contributed by atoms with van der Waals surface area (Å²) in [6.07, 6.45) is 4.80. The summed E-state index contributed by atoms with van der Waals surface area (Å²) >= 11 is 1.66. The fourth-order valence-electron chi connectivity index (χ4n) is 5.91. The largest absolute Gasteiger partial charge is 0.496 e. The number of nitrogens with one attached hydrogen (secondary N) is 2. The first-order valence-corrected chi connectivity index (χ1v) is 16.0. The lowest BCUT2D eigenvalue weighted by Gasteiger charge is -2.46. The van der Waals surface area contributed by atoms with E-state index in [0.717, 1.165) is 36.1 Å². The van der Waals surface area contributed by atoms with Crippen molar-refractivity contribution in [1.82, 2.24) is 15.7 Å². The molecule has 0 bridgehead atoms. The molecule has 1 aliphatic carbocycles. The molecule has 42 heavy (non-hydrogen) atoms. The number of amides is 2. The summed E-state index contributed by atoms with van der Waals surface area (Å²) in [6, 6.07) is 14.8. The van der Waals surface area contributed by atoms with E-state index in [0.29, 0.717) is 29.5 Å². The minimum absolute atomic E-state index is 0.0346. The Morgan fingerprint density at radius 3 is 2.50 bits per heavy atom. The summed E-state index contributed by atoms with van der Waals surface area (Å²) < 4.78 is 11.5. The van der Waals surface area contributed by atoms with Crippen LogP contribution in [0.15, 0.2) is 53.4 Å². The van der Waals surface area contributed by atoms with E-state index >= 15 is 0 Å². The van der Waals surface area contributed by atoms with Gasteiger partial charge in [0, 0.05) is 34.4 Å². The molecule has 4 rings (SSSR count). The predicted octanol–water partition coefficient (Wildman–Crippen LogP) is 5.39. The third-order valence-corrected chi connectivity index (χ3v) is 9.27. The molecule has 2 aliphatic rings. The average Bonchev–Trinajstić information content (AvgIpc) is 2.97. The van der Waals surface area contributed by atoms with E-state index in [1.807, 2.05) is 63.1 Å². The molecule has 9 heteroatoms. The number of rotatable bonds is 11. The zero-order chi connectivity index (χ0) is 30.3. The Bertz CT molecular complexity index is 1190. The van der Waals surface area contributed by atoms with Gasteiger partial charge in [0.1, 0.15) is 11.8 Å². The van der Waals surface area contributed by atoms with Gasteiger partial charge in [0.2, 0.25) is 5.91 Å². The first kappa shape index (κ1) is 32.3. The standard InChI is InChI=1S/C33H47N3O5S/c1-22-25(16-12-18-28(22)39-5)31(37)34-26(21-42-24-14-8-7-9-15-24)30(40-6)20-36-27(32(38)35-33(2,3)4)19-23-13-10-11-17-29(23)41-36/h7-9,12,14-16,18,23,26-27,29-30H,10-11,13,17,19-21H2,1-6H3,(H,34,37)(H,35,38). The Hall–Kier alpha value is -2.59. The molecule has 8 nitrogen and oxygen atoms in total. The monoisotopic (exact) mass is 597 g/mol. The normalized spacial score (nSPS) is 22.5. The van der Waals surface area contributed by atoms with Crippen molar-refractivity contribution in [3.05, 3.63) is 59.7 Å². The Labute approximate surface area is 255 Å². The first-order chi connectivity index (χ1) is 20.1. The van der Waals surface area contributed by atoms with E-state index in [-0.39, 0.29) is 29.5 Å². The first-order valence-electron chi connectivity index (χ1n) is 15.0. The van der Waals surface area contributed by atoms with Crippen LogP contribution in [0.5, 0.6) is 5.75 Å². The number of fused-ring (bicyclic) bond motifs is 1. The summed E-state index contributed by atoms with van der Waals surface area (Å²) in [4.78, 5) is 34.9. The van der Waals surface area contributed by atoms with Gasteiger partial charge in [-0.15, -0.1) is 11.8 Å². The van der Waals surface area contributed by atoms with Crippen molar-refractivity contribution >= 4 is 23.6 Å². The van der Waals surface area contributed by atoms with Crippen molar-refractivity contribution in [2.24, 2.45) is 5.92 Å². The maximum absolute atomic E-state index is 13.6. The Morgan fingerprint density at radius 1 is 1.07 bits per heavy atom. The highest BCUT2D eigenvalue weighted by molar-refractivity contribution is 7.99.